The molecule has 24 heavy (non-hydrogen) atoms. The van der Waals surface area contributed by atoms with Gasteiger partial charge in [-0.2, -0.15) is 0 Å². The predicted molar refractivity (Wildman–Crippen MR) is 92.3 cm³/mol. The summed E-state index contributed by atoms with van der Waals surface area (Å²) >= 11 is 0. The first-order valence-electron chi connectivity index (χ1n) is 7.75. The van der Waals surface area contributed by atoms with E-state index in [0.717, 1.165) is 11.3 Å². The van der Waals surface area contributed by atoms with Crippen molar-refractivity contribution in [3.63, 3.8) is 0 Å². The summed E-state index contributed by atoms with van der Waals surface area (Å²) in [6, 6.07) is 14.4. The number of piperazine rings is 1. The van der Waals surface area contributed by atoms with Crippen molar-refractivity contribution in [2.24, 2.45) is 0 Å². The van der Waals surface area contributed by atoms with E-state index in [4.69, 9.17) is 0 Å². The molecular formula is C19H18N2O3. The van der Waals surface area contributed by atoms with Crippen molar-refractivity contribution in [1.82, 2.24) is 0 Å². The Kier molecular flexibility index (Phi) is 4.16. The first-order chi connectivity index (χ1) is 11.5. The normalized spacial score (nSPS) is 14.9. The molecule has 0 aromatic heterocycles. The molecule has 0 atom stereocenters. The van der Waals surface area contributed by atoms with Crippen molar-refractivity contribution in [3.05, 3.63) is 59.7 Å². The first-order valence-corrected chi connectivity index (χ1v) is 7.75. The van der Waals surface area contributed by atoms with Crippen LogP contribution < -0.4 is 9.80 Å². The number of benzene rings is 2. The van der Waals surface area contributed by atoms with Crippen molar-refractivity contribution < 1.29 is 14.4 Å². The van der Waals surface area contributed by atoms with E-state index in [1.54, 1.807) is 18.2 Å². The zero-order valence-electron chi connectivity index (χ0n) is 13.7. The Bertz CT molecular complexity index is 815. The summed E-state index contributed by atoms with van der Waals surface area (Å²) in [5.41, 5.74) is 2.79. The Morgan fingerprint density at radius 2 is 1.46 bits per heavy atom. The van der Waals surface area contributed by atoms with E-state index in [9.17, 15) is 14.4 Å². The Labute approximate surface area is 140 Å². The summed E-state index contributed by atoms with van der Waals surface area (Å²) in [5.74, 6) is -0.294. The van der Waals surface area contributed by atoms with E-state index in [-0.39, 0.29) is 30.7 Å². The molecule has 1 saturated heterocycles. The van der Waals surface area contributed by atoms with Gasteiger partial charge in [0.2, 0.25) is 11.8 Å². The number of hydrogen-bond acceptors (Lipinski definition) is 3. The first kappa shape index (κ1) is 15.9. The van der Waals surface area contributed by atoms with Crippen LogP contribution in [0.2, 0.25) is 0 Å². The van der Waals surface area contributed by atoms with Gasteiger partial charge in [0.1, 0.15) is 13.1 Å². The van der Waals surface area contributed by atoms with Gasteiger partial charge in [0.05, 0.1) is 0 Å². The molecule has 0 spiro atoms. The lowest BCUT2D eigenvalue weighted by Gasteiger charge is -2.34. The van der Waals surface area contributed by atoms with Gasteiger partial charge in [0.15, 0.2) is 5.78 Å². The highest BCUT2D eigenvalue weighted by molar-refractivity contribution is 6.12. The fourth-order valence-electron chi connectivity index (χ4n) is 2.91. The van der Waals surface area contributed by atoms with E-state index < -0.39 is 0 Å². The second kappa shape index (κ2) is 6.28. The van der Waals surface area contributed by atoms with Crippen LogP contribution in [0.4, 0.5) is 11.4 Å². The zero-order chi connectivity index (χ0) is 17.3. The number of carbonyl (C=O) groups excluding carboxylic acids is 3. The largest absolute Gasteiger partial charge is 0.301 e. The quantitative estimate of drug-likeness (QED) is 0.816. The minimum absolute atomic E-state index is 0.00736. The summed E-state index contributed by atoms with van der Waals surface area (Å²) in [6.07, 6.45) is 0. The summed E-state index contributed by atoms with van der Waals surface area (Å²) < 4.78 is 0. The van der Waals surface area contributed by atoms with Crippen LogP contribution in [0.1, 0.15) is 22.8 Å². The second-order valence-electron chi connectivity index (χ2n) is 5.85. The molecule has 0 aliphatic carbocycles. The highest BCUT2D eigenvalue weighted by Gasteiger charge is 2.31. The van der Waals surface area contributed by atoms with Gasteiger partial charge in [-0.05, 0) is 49.7 Å². The molecule has 0 unspecified atom stereocenters. The third kappa shape index (κ3) is 2.93. The molecule has 3 rings (SSSR count). The SMILES string of the molecule is CC(=O)c1ccc(N2CC(=O)N(c3ccccc3)CC2=O)cc1C. The molecule has 5 nitrogen and oxygen atoms in total. The number of ketones is 1. The predicted octanol–water partition coefficient (Wildman–Crippen LogP) is 2.58. The molecule has 1 aliphatic heterocycles. The van der Waals surface area contributed by atoms with Gasteiger partial charge in [-0.1, -0.05) is 18.2 Å². The molecule has 122 valence electrons. The lowest BCUT2D eigenvalue weighted by Crippen LogP contribution is -2.54. The van der Waals surface area contributed by atoms with Crippen molar-refractivity contribution in [2.45, 2.75) is 13.8 Å². The number of hydrogen-bond donors (Lipinski definition) is 0. The van der Waals surface area contributed by atoms with Crippen molar-refractivity contribution in [2.75, 3.05) is 22.9 Å². The van der Waals surface area contributed by atoms with Gasteiger partial charge in [0, 0.05) is 16.9 Å². The molecule has 0 bridgehead atoms. The Balaban J connectivity index is 1.85. The fourth-order valence-corrected chi connectivity index (χ4v) is 2.91. The van der Waals surface area contributed by atoms with Gasteiger partial charge in [-0.15, -0.1) is 0 Å². The minimum atomic E-state index is -0.145. The third-order valence-electron chi connectivity index (χ3n) is 4.16. The Hall–Kier alpha value is -2.95. The summed E-state index contributed by atoms with van der Waals surface area (Å²) in [6.45, 7) is 3.34. The van der Waals surface area contributed by atoms with E-state index in [0.29, 0.717) is 11.3 Å². The molecule has 2 aromatic rings. The van der Waals surface area contributed by atoms with Crippen molar-refractivity contribution in [3.8, 4) is 0 Å². The van der Waals surface area contributed by atoms with Gasteiger partial charge < -0.3 is 9.80 Å². The Morgan fingerprint density at radius 3 is 2.00 bits per heavy atom. The standard InChI is InChI=1S/C19H18N2O3/c1-13-10-16(8-9-17(13)14(2)22)21-12-18(23)20(11-19(21)24)15-6-4-3-5-7-15/h3-10H,11-12H2,1-2H3. The number of nitrogens with zero attached hydrogens (tertiary/aromatic N) is 2. The van der Waals surface area contributed by atoms with Gasteiger partial charge in [0.25, 0.3) is 0 Å². The van der Waals surface area contributed by atoms with E-state index in [1.807, 2.05) is 37.3 Å². The Morgan fingerprint density at radius 1 is 0.875 bits per heavy atom. The average molecular weight is 322 g/mol. The highest BCUT2D eigenvalue weighted by atomic mass is 16.2. The number of Topliss-reactive ketones (excluding diaryl/α,β-unsaturated/α-hetero) is 1. The maximum absolute atomic E-state index is 12.5. The summed E-state index contributed by atoms with van der Waals surface area (Å²) in [7, 11) is 0. The van der Waals surface area contributed by atoms with Crippen LogP contribution in [-0.2, 0) is 9.59 Å². The highest BCUT2D eigenvalue weighted by Crippen LogP contribution is 2.24. The topological polar surface area (TPSA) is 57.7 Å². The number of rotatable bonds is 3. The van der Waals surface area contributed by atoms with Gasteiger partial charge in [-0.25, -0.2) is 0 Å². The van der Waals surface area contributed by atoms with Crippen LogP contribution in [0.3, 0.4) is 0 Å². The number of para-hydroxylation sites is 1. The molecule has 1 heterocycles. The molecule has 0 radical (unpaired) electrons. The maximum atomic E-state index is 12.5. The van der Waals surface area contributed by atoms with E-state index in [2.05, 4.69) is 0 Å². The number of amides is 2. The lowest BCUT2D eigenvalue weighted by atomic mass is 10.0. The minimum Gasteiger partial charge on any atom is -0.301 e. The number of anilines is 2. The molecule has 2 amide bonds. The molecule has 0 saturated carbocycles. The molecular weight excluding hydrogens is 304 g/mol. The second-order valence-corrected chi connectivity index (χ2v) is 5.85. The van der Waals surface area contributed by atoms with Crippen molar-refractivity contribution >= 4 is 29.0 Å². The van der Waals surface area contributed by atoms with Crippen molar-refractivity contribution in [1.29, 1.82) is 0 Å². The third-order valence-corrected chi connectivity index (χ3v) is 4.16. The van der Waals surface area contributed by atoms with E-state index >= 15 is 0 Å². The van der Waals surface area contributed by atoms with E-state index in [1.165, 1.54) is 16.7 Å². The average Bonchev–Trinajstić information content (AvgIpc) is 2.57. The van der Waals surface area contributed by atoms with Crippen LogP contribution in [0.5, 0.6) is 0 Å². The van der Waals surface area contributed by atoms with Gasteiger partial charge >= 0.3 is 0 Å². The molecule has 1 aliphatic rings. The van der Waals surface area contributed by atoms with Gasteiger partial charge in [-0.3, -0.25) is 14.4 Å². The van der Waals surface area contributed by atoms with Crippen LogP contribution in [-0.4, -0.2) is 30.7 Å². The lowest BCUT2D eigenvalue weighted by molar-refractivity contribution is -0.125. The zero-order valence-corrected chi connectivity index (χ0v) is 13.7. The van der Waals surface area contributed by atoms with Crippen LogP contribution in [0.15, 0.2) is 48.5 Å². The number of carbonyl (C=O) groups is 3. The monoisotopic (exact) mass is 322 g/mol. The molecule has 1 fully saturated rings. The fraction of sp³-hybridized carbons (Fsp3) is 0.211. The summed E-state index contributed by atoms with van der Waals surface area (Å²) in [4.78, 5) is 39.5. The van der Waals surface area contributed by atoms with Crippen LogP contribution in [0.25, 0.3) is 0 Å². The van der Waals surface area contributed by atoms with Crippen LogP contribution in [0, 0.1) is 6.92 Å². The molecule has 0 N–H and O–H groups in total. The summed E-state index contributed by atoms with van der Waals surface area (Å²) in [5, 5.41) is 0. The smallest absolute Gasteiger partial charge is 0.247 e. The maximum Gasteiger partial charge on any atom is 0.247 e. The molecule has 2 aromatic carbocycles. The molecule has 5 heteroatoms. The van der Waals surface area contributed by atoms with Crippen LogP contribution >= 0.6 is 0 Å². The number of aryl methyl sites for hydroxylation is 1.